The van der Waals surface area contributed by atoms with Gasteiger partial charge in [-0.25, -0.2) is 9.37 Å². The predicted octanol–water partition coefficient (Wildman–Crippen LogP) is 2.67. The molecule has 5 nitrogen and oxygen atoms in total. The van der Waals surface area contributed by atoms with Crippen molar-refractivity contribution >= 4 is 11.8 Å². The van der Waals surface area contributed by atoms with E-state index >= 15 is 0 Å². The summed E-state index contributed by atoms with van der Waals surface area (Å²) < 4.78 is 18.8. The Morgan fingerprint density at radius 3 is 2.74 bits per heavy atom. The molecule has 1 aromatic rings. The van der Waals surface area contributed by atoms with Gasteiger partial charge in [0, 0.05) is 26.3 Å². The fourth-order valence-corrected chi connectivity index (χ4v) is 1.44. The largest absolute Gasteiger partial charge is 0.381 e. The zero-order chi connectivity index (χ0) is 13.9. The van der Waals surface area contributed by atoms with E-state index in [1.54, 1.807) is 0 Å². The molecule has 0 atom stereocenters. The van der Waals surface area contributed by atoms with E-state index in [0.717, 1.165) is 32.4 Å². The van der Waals surface area contributed by atoms with Crippen LogP contribution in [0, 0.1) is 5.82 Å². The minimum Gasteiger partial charge on any atom is -0.381 e. The number of anilines is 2. The summed E-state index contributed by atoms with van der Waals surface area (Å²) in [4.78, 5) is 7.98. The normalized spacial score (nSPS) is 10.5. The lowest BCUT2D eigenvalue weighted by Gasteiger charge is -2.09. The van der Waals surface area contributed by atoms with Crippen molar-refractivity contribution in [2.75, 3.05) is 36.9 Å². The number of hydrogen-bond acceptors (Lipinski definition) is 5. The lowest BCUT2D eigenvalue weighted by atomic mass is 10.4. The average Bonchev–Trinajstić information content (AvgIpc) is 2.43. The molecule has 108 valence electrons. The van der Waals surface area contributed by atoms with Gasteiger partial charge in [-0.15, -0.1) is 0 Å². The van der Waals surface area contributed by atoms with E-state index in [2.05, 4.69) is 27.5 Å². The van der Waals surface area contributed by atoms with Gasteiger partial charge in [0.15, 0.2) is 11.6 Å². The van der Waals surface area contributed by atoms with Crippen molar-refractivity contribution in [3.63, 3.8) is 0 Å². The van der Waals surface area contributed by atoms with Crippen molar-refractivity contribution < 1.29 is 9.13 Å². The highest BCUT2D eigenvalue weighted by atomic mass is 19.1. The first-order valence-corrected chi connectivity index (χ1v) is 6.86. The molecule has 1 aromatic heterocycles. The number of nitrogens with zero attached hydrogens (tertiary/aromatic N) is 2. The molecule has 0 aliphatic heterocycles. The van der Waals surface area contributed by atoms with Gasteiger partial charge in [0.2, 0.25) is 5.95 Å². The third kappa shape index (κ3) is 6.33. The molecule has 2 N–H and O–H groups in total. The Bertz CT molecular complexity index is 362. The summed E-state index contributed by atoms with van der Waals surface area (Å²) in [6.45, 7) is 6.97. The Morgan fingerprint density at radius 1 is 1.16 bits per heavy atom. The first-order chi connectivity index (χ1) is 9.27. The summed E-state index contributed by atoms with van der Waals surface area (Å²) in [7, 11) is 0. The fourth-order valence-electron chi connectivity index (χ4n) is 1.44. The molecule has 0 aliphatic rings. The second-order valence-corrected chi connectivity index (χ2v) is 4.21. The second kappa shape index (κ2) is 9.49. The summed E-state index contributed by atoms with van der Waals surface area (Å²) in [5.74, 6) is 0.258. The Labute approximate surface area is 114 Å². The van der Waals surface area contributed by atoms with E-state index in [-0.39, 0.29) is 5.82 Å². The van der Waals surface area contributed by atoms with Crippen LogP contribution in [0.15, 0.2) is 6.20 Å². The van der Waals surface area contributed by atoms with Gasteiger partial charge >= 0.3 is 0 Å². The maximum absolute atomic E-state index is 13.5. The maximum atomic E-state index is 13.5. The highest BCUT2D eigenvalue weighted by Gasteiger charge is 2.05. The lowest BCUT2D eigenvalue weighted by Crippen LogP contribution is -2.11. The number of nitrogens with one attached hydrogen (secondary N) is 2. The molecule has 1 heterocycles. The van der Waals surface area contributed by atoms with Crippen LogP contribution in [0.1, 0.15) is 33.1 Å². The SMILES string of the molecule is CCCNc1ncc(F)c(NCCCOCCC)n1. The number of hydrogen-bond donors (Lipinski definition) is 2. The van der Waals surface area contributed by atoms with Crippen LogP contribution in [0.2, 0.25) is 0 Å². The molecule has 0 amide bonds. The maximum Gasteiger partial charge on any atom is 0.224 e. The Kier molecular flexibility index (Phi) is 7.81. The third-order valence-electron chi connectivity index (χ3n) is 2.38. The van der Waals surface area contributed by atoms with Crippen molar-refractivity contribution in [1.82, 2.24) is 9.97 Å². The summed E-state index contributed by atoms with van der Waals surface area (Å²) in [6, 6.07) is 0. The molecular formula is C13H23FN4O. The standard InChI is InChI=1S/C13H23FN4O/c1-3-6-16-13-17-10-11(14)12(18-13)15-7-5-9-19-8-4-2/h10H,3-9H2,1-2H3,(H2,15,16,17,18). The molecule has 1 rings (SSSR count). The molecular weight excluding hydrogens is 247 g/mol. The average molecular weight is 270 g/mol. The van der Waals surface area contributed by atoms with Gasteiger partial charge in [0.05, 0.1) is 6.20 Å². The molecule has 6 heteroatoms. The quantitative estimate of drug-likeness (QED) is 0.640. The molecule has 0 saturated heterocycles. The zero-order valence-corrected chi connectivity index (χ0v) is 11.7. The molecule has 0 bridgehead atoms. The van der Waals surface area contributed by atoms with Gasteiger partial charge in [-0.2, -0.15) is 4.98 Å². The molecule has 0 spiro atoms. The van der Waals surface area contributed by atoms with Gasteiger partial charge in [-0.3, -0.25) is 0 Å². The summed E-state index contributed by atoms with van der Waals surface area (Å²) in [6.07, 6.45) is 3.99. The van der Waals surface area contributed by atoms with E-state index in [1.807, 2.05) is 6.92 Å². The van der Waals surface area contributed by atoms with Crippen molar-refractivity contribution in [2.45, 2.75) is 33.1 Å². The molecule has 0 radical (unpaired) electrons. The molecule has 0 saturated carbocycles. The first kappa shape index (κ1) is 15.6. The monoisotopic (exact) mass is 270 g/mol. The Balaban J connectivity index is 2.34. The molecule has 0 aromatic carbocycles. The first-order valence-electron chi connectivity index (χ1n) is 6.86. The molecule has 0 unspecified atom stereocenters. The molecule has 0 fully saturated rings. The highest BCUT2D eigenvalue weighted by Crippen LogP contribution is 2.11. The van der Waals surface area contributed by atoms with Gasteiger partial charge in [-0.1, -0.05) is 13.8 Å². The van der Waals surface area contributed by atoms with Crippen molar-refractivity contribution in [1.29, 1.82) is 0 Å². The van der Waals surface area contributed by atoms with Gasteiger partial charge in [0.25, 0.3) is 0 Å². The van der Waals surface area contributed by atoms with Crippen LogP contribution in [0.3, 0.4) is 0 Å². The van der Waals surface area contributed by atoms with E-state index < -0.39 is 5.82 Å². The Hall–Kier alpha value is -1.43. The number of aromatic nitrogens is 2. The van der Waals surface area contributed by atoms with E-state index in [9.17, 15) is 4.39 Å². The summed E-state index contributed by atoms with van der Waals surface area (Å²) >= 11 is 0. The Morgan fingerprint density at radius 2 is 2.00 bits per heavy atom. The number of rotatable bonds is 10. The van der Waals surface area contributed by atoms with Crippen LogP contribution in [0.25, 0.3) is 0 Å². The minimum absolute atomic E-state index is 0.240. The number of ether oxygens (including phenoxy) is 1. The van der Waals surface area contributed by atoms with Crippen molar-refractivity contribution in [3.05, 3.63) is 12.0 Å². The van der Waals surface area contributed by atoms with Crippen LogP contribution in [-0.4, -0.2) is 36.3 Å². The van der Waals surface area contributed by atoms with E-state index in [0.29, 0.717) is 19.1 Å². The van der Waals surface area contributed by atoms with Crippen LogP contribution >= 0.6 is 0 Å². The highest BCUT2D eigenvalue weighted by molar-refractivity contribution is 5.40. The van der Waals surface area contributed by atoms with Crippen molar-refractivity contribution in [2.24, 2.45) is 0 Å². The van der Waals surface area contributed by atoms with E-state index in [1.165, 1.54) is 6.20 Å². The lowest BCUT2D eigenvalue weighted by molar-refractivity contribution is 0.134. The van der Waals surface area contributed by atoms with Crippen molar-refractivity contribution in [3.8, 4) is 0 Å². The van der Waals surface area contributed by atoms with E-state index in [4.69, 9.17) is 4.74 Å². The molecule has 0 aliphatic carbocycles. The summed E-state index contributed by atoms with van der Waals surface area (Å²) in [5.41, 5.74) is 0. The topological polar surface area (TPSA) is 59.1 Å². The molecule has 19 heavy (non-hydrogen) atoms. The fraction of sp³-hybridized carbons (Fsp3) is 0.692. The van der Waals surface area contributed by atoms with Crippen LogP contribution in [0.4, 0.5) is 16.2 Å². The van der Waals surface area contributed by atoms with Crippen LogP contribution in [-0.2, 0) is 4.74 Å². The van der Waals surface area contributed by atoms with Gasteiger partial charge in [-0.05, 0) is 19.3 Å². The smallest absolute Gasteiger partial charge is 0.224 e. The minimum atomic E-state index is -0.434. The van der Waals surface area contributed by atoms with Gasteiger partial charge in [0.1, 0.15) is 0 Å². The van der Waals surface area contributed by atoms with Crippen LogP contribution < -0.4 is 10.6 Å². The summed E-state index contributed by atoms with van der Waals surface area (Å²) in [5, 5.41) is 5.99. The third-order valence-corrected chi connectivity index (χ3v) is 2.38. The van der Waals surface area contributed by atoms with Crippen LogP contribution in [0.5, 0.6) is 0 Å². The second-order valence-electron chi connectivity index (χ2n) is 4.21. The zero-order valence-electron chi connectivity index (χ0n) is 11.7. The predicted molar refractivity (Wildman–Crippen MR) is 75.0 cm³/mol. The number of halogens is 1. The van der Waals surface area contributed by atoms with Gasteiger partial charge < -0.3 is 15.4 Å².